The van der Waals surface area contributed by atoms with Crippen LogP contribution in [0.4, 0.5) is 0 Å². The normalized spacial score (nSPS) is 19.6. The topological polar surface area (TPSA) is 68.8 Å². The summed E-state index contributed by atoms with van der Waals surface area (Å²) in [6, 6.07) is 18.5. The van der Waals surface area contributed by atoms with Gasteiger partial charge in [-0.2, -0.15) is 0 Å². The number of nitrogens with zero attached hydrogens (tertiary/aromatic N) is 4. The summed E-state index contributed by atoms with van der Waals surface area (Å²) in [5, 5.41) is 4.34. The van der Waals surface area contributed by atoms with Gasteiger partial charge in [-0.1, -0.05) is 74.2 Å². The highest BCUT2D eigenvalue weighted by Crippen LogP contribution is 2.33. The van der Waals surface area contributed by atoms with Crippen molar-refractivity contribution in [3.05, 3.63) is 65.7 Å². The van der Waals surface area contributed by atoms with Gasteiger partial charge in [-0.15, -0.1) is 0 Å². The zero-order chi connectivity index (χ0) is 30.3. The second kappa shape index (κ2) is 14.7. The van der Waals surface area contributed by atoms with Gasteiger partial charge in [0.1, 0.15) is 0 Å². The lowest BCUT2D eigenvalue weighted by atomic mass is 9.84. The number of para-hydroxylation sites is 1. The molecule has 44 heavy (non-hydrogen) atoms. The Hall–Kier alpha value is -3.29. The fourth-order valence-electron chi connectivity index (χ4n) is 7.50. The molecule has 3 aromatic rings. The standard InChI is InChI=1S/C37H49N5O2/c1-28(29-13-5-2-6-14-29)38-37(44)35-31-17-9-10-18-33(31)39-36(30-15-7-3-8-16-30)32(35)27-41-23-25-42(26-24-41)34(43)19-22-40-20-11-4-12-21-40/h3,7-10,15-18,28-29H,2,4-6,11-14,19-27H2,1H3,(H,38,44). The van der Waals surface area contributed by atoms with Gasteiger partial charge in [0.2, 0.25) is 5.91 Å². The Morgan fingerprint density at radius 1 is 0.818 bits per heavy atom. The predicted octanol–water partition coefficient (Wildman–Crippen LogP) is 6.12. The van der Waals surface area contributed by atoms with Crippen LogP contribution >= 0.6 is 0 Å². The fourth-order valence-corrected chi connectivity index (χ4v) is 7.50. The van der Waals surface area contributed by atoms with Gasteiger partial charge in [0.05, 0.1) is 16.8 Å². The Morgan fingerprint density at radius 2 is 1.50 bits per heavy atom. The number of amides is 2. The minimum absolute atomic E-state index is 0.000353. The summed E-state index contributed by atoms with van der Waals surface area (Å²) >= 11 is 0. The van der Waals surface area contributed by atoms with E-state index in [0.29, 0.717) is 18.9 Å². The van der Waals surface area contributed by atoms with E-state index in [-0.39, 0.29) is 17.9 Å². The van der Waals surface area contributed by atoms with Gasteiger partial charge in [-0.05, 0) is 57.7 Å². The van der Waals surface area contributed by atoms with Crippen molar-refractivity contribution in [2.75, 3.05) is 45.8 Å². The molecule has 2 aromatic carbocycles. The molecule has 1 unspecified atom stereocenters. The van der Waals surface area contributed by atoms with Gasteiger partial charge in [-0.25, -0.2) is 4.98 Å². The van der Waals surface area contributed by atoms with E-state index in [1.165, 1.54) is 51.4 Å². The highest BCUT2D eigenvalue weighted by atomic mass is 16.2. The van der Waals surface area contributed by atoms with Gasteiger partial charge in [-0.3, -0.25) is 14.5 Å². The number of rotatable bonds is 9. The van der Waals surface area contributed by atoms with Gasteiger partial charge in [0, 0.05) is 68.2 Å². The monoisotopic (exact) mass is 595 g/mol. The van der Waals surface area contributed by atoms with Crippen LogP contribution in [-0.2, 0) is 11.3 Å². The third-order valence-electron chi connectivity index (χ3n) is 10.2. The summed E-state index contributed by atoms with van der Waals surface area (Å²) in [4.78, 5) is 39.4. The maximum atomic E-state index is 14.3. The molecule has 3 fully saturated rings. The zero-order valence-electron chi connectivity index (χ0n) is 26.5. The summed E-state index contributed by atoms with van der Waals surface area (Å²) < 4.78 is 0. The maximum absolute atomic E-state index is 14.3. The molecule has 1 aliphatic carbocycles. The Labute approximate surface area is 263 Å². The number of benzene rings is 2. The number of pyridine rings is 1. The Morgan fingerprint density at radius 3 is 2.25 bits per heavy atom. The number of aromatic nitrogens is 1. The van der Waals surface area contributed by atoms with Crippen molar-refractivity contribution in [1.29, 1.82) is 0 Å². The van der Waals surface area contributed by atoms with Crippen LogP contribution in [0.15, 0.2) is 54.6 Å². The van der Waals surface area contributed by atoms with Gasteiger partial charge in [0.15, 0.2) is 0 Å². The molecule has 3 heterocycles. The van der Waals surface area contributed by atoms with Crippen LogP contribution in [0.3, 0.4) is 0 Å². The van der Waals surface area contributed by atoms with E-state index in [0.717, 1.165) is 79.1 Å². The van der Waals surface area contributed by atoms with Gasteiger partial charge < -0.3 is 15.1 Å². The number of hydrogen-bond acceptors (Lipinski definition) is 5. The lowest BCUT2D eigenvalue weighted by Crippen LogP contribution is -2.49. The van der Waals surface area contributed by atoms with E-state index in [1.54, 1.807) is 0 Å². The maximum Gasteiger partial charge on any atom is 0.252 e. The number of hydrogen-bond donors (Lipinski definition) is 1. The molecular formula is C37H49N5O2. The molecule has 2 amide bonds. The molecular weight excluding hydrogens is 546 g/mol. The lowest BCUT2D eigenvalue weighted by molar-refractivity contribution is -0.133. The van der Waals surface area contributed by atoms with Crippen LogP contribution in [0.1, 0.15) is 80.6 Å². The largest absolute Gasteiger partial charge is 0.349 e. The van der Waals surface area contributed by atoms with Crippen LogP contribution in [0.5, 0.6) is 0 Å². The average molecular weight is 596 g/mol. The Bertz CT molecular complexity index is 1410. The van der Waals surface area contributed by atoms with E-state index < -0.39 is 0 Å². The molecule has 1 aromatic heterocycles. The summed E-state index contributed by atoms with van der Waals surface area (Å²) in [5.74, 6) is 0.795. The lowest BCUT2D eigenvalue weighted by Gasteiger charge is -2.36. The molecule has 234 valence electrons. The van der Waals surface area contributed by atoms with Gasteiger partial charge >= 0.3 is 0 Å². The first kappa shape index (κ1) is 30.7. The second-order valence-electron chi connectivity index (χ2n) is 13.2. The molecule has 3 aliphatic rings. The average Bonchev–Trinajstić information content (AvgIpc) is 3.08. The molecule has 1 atom stereocenters. The quantitative estimate of drug-likeness (QED) is 0.323. The highest BCUT2D eigenvalue weighted by Gasteiger charge is 2.29. The van der Waals surface area contributed by atoms with E-state index >= 15 is 0 Å². The van der Waals surface area contributed by atoms with Crippen molar-refractivity contribution in [1.82, 2.24) is 25.0 Å². The molecule has 6 rings (SSSR count). The van der Waals surface area contributed by atoms with Gasteiger partial charge in [0.25, 0.3) is 5.91 Å². The Kier molecular flexibility index (Phi) is 10.2. The first-order chi connectivity index (χ1) is 21.6. The molecule has 2 aliphatic heterocycles. The van der Waals surface area contributed by atoms with Crippen molar-refractivity contribution in [2.45, 2.75) is 77.3 Å². The minimum atomic E-state index is 0.000353. The molecule has 7 heteroatoms. The molecule has 0 radical (unpaired) electrons. The minimum Gasteiger partial charge on any atom is -0.349 e. The molecule has 0 bridgehead atoms. The third-order valence-corrected chi connectivity index (χ3v) is 10.2. The molecule has 2 saturated heterocycles. The van der Waals surface area contributed by atoms with Crippen LogP contribution in [0.25, 0.3) is 22.2 Å². The van der Waals surface area contributed by atoms with Crippen molar-refractivity contribution in [3.63, 3.8) is 0 Å². The van der Waals surface area contributed by atoms with E-state index in [2.05, 4.69) is 34.2 Å². The van der Waals surface area contributed by atoms with Crippen LogP contribution in [-0.4, -0.2) is 83.4 Å². The summed E-state index contributed by atoms with van der Waals surface area (Å²) in [5.41, 5.74) is 4.47. The third kappa shape index (κ3) is 7.32. The number of piperidine rings is 1. The smallest absolute Gasteiger partial charge is 0.252 e. The zero-order valence-corrected chi connectivity index (χ0v) is 26.5. The second-order valence-corrected chi connectivity index (χ2v) is 13.2. The first-order valence-electron chi connectivity index (χ1n) is 17.1. The number of carbonyl (C=O) groups is 2. The SMILES string of the molecule is CC(NC(=O)c1c(CN2CCN(C(=O)CCN3CCCCC3)CC2)c(-c2ccccc2)nc2ccccc12)C1CCCCC1. The molecule has 7 nitrogen and oxygen atoms in total. The number of likely N-dealkylation sites (tertiary alicyclic amines) is 1. The number of fused-ring (bicyclic) bond motifs is 1. The van der Waals surface area contributed by atoms with Crippen LogP contribution in [0.2, 0.25) is 0 Å². The van der Waals surface area contributed by atoms with Crippen LogP contribution < -0.4 is 5.32 Å². The van der Waals surface area contributed by atoms with Crippen molar-refractivity contribution >= 4 is 22.7 Å². The molecule has 1 saturated carbocycles. The number of nitrogens with one attached hydrogen (secondary N) is 1. The first-order valence-corrected chi connectivity index (χ1v) is 17.1. The van der Waals surface area contributed by atoms with E-state index in [4.69, 9.17) is 4.98 Å². The summed E-state index contributed by atoms with van der Waals surface area (Å²) in [6.45, 7) is 8.95. The molecule has 0 spiro atoms. The number of carbonyl (C=O) groups excluding carboxylic acids is 2. The van der Waals surface area contributed by atoms with Crippen molar-refractivity contribution < 1.29 is 9.59 Å². The highest BCUT2D eigenvalue weighted by molar-refractivity contribution is 6.09. The molecule has 1 N–H and O–H groups in total. The summed E-state index contributed by atoms with van der Waals surface area (Å²) in [7, 11) is 0. The van der Waals surface area contributed by atoms with Crippen molar-refractivity contribution in [2.24, 2.45) is 5.92 Å². The fraction of sp³-hybridized carbons (Fsp3) is 0.541. The Balaban J connectivity index is 1.24. The summed E-state index contributed by atoms with van der Waals surface area (Å²) in [6.07, 6.45) is 10.6. The van der Waals surface area contributed by atoms with Crippen LogP contribution in [0, 0.1) is 5.92 Å². The van der Waals surface area contributed by atoms with E-state index in [1.807, 2.05) is 47.4 Å². The predicted molar refractivity (Wildman–Crippen MR) is 177 cm³/mol. The van der Waals surface area contributed by atoms with E-state index in [9.17, 15) is 9.59 Å². The number of piperazine rings is 1. The van der Waals surface area contributed by atoms with Crippen molar-refractivity contribution in [3.8, 4) is 11.3 Å².